The first-order chi connectivity index (χ1) is 9.29. The Bertz CT molecular complexity index is 332. The lowest BCUT2D eigenvalue weighted by Gasteiger charge is -2.67. The molecule has 3 atom stereocenters. The summed E-state index contributed by atoms with van der Waals surface area (Å²) in [6, 6.07) is 0. The van der Waals surface area contributed by atoms with Gasteiger partial charge in [0.05, 0.1) is 6.10 Å². The molecule has 0 aromatic carbocycles. The highest BCUT2D eigenvalue weighted by Gasteiger charge is 2.66. The van der Waals surface area contributed by atoms with E-state index in [0.717, 1.165) is 26.2 Å². The topological polar surface area (TPSA) is 41.7 Å². The molecule has 0 aromatic heterocycles. The van der Waals surface area contributed by atoms with Crippen LogP contribution in [0.25, 0.3) is 0 Å². The minimum Gasteiger partial charge on any atom is -0.377 e. The van der Waals surface area contributed by atoms with E-state index in [-0.39, 0.29) is 11.0 Å². The van der Waals surface area contributed by atoms with Crippen LogP contribution >= 0.6 is 0 Å². The SMILES string of the molecule is CN(C)CCCN(C)CC1(N)C2CCCOC2C1(C)C. The molecule has 1 saturated heterocycles. The van der Waals surface area contributed by atoms with Crippen molar-refractivity contribution in [2.24, 2.45) is 17.1 Å². The zero-order chi connectivity index (χ0) is 15.0. The Balaban J connectivity index is 1.90. The van der Waals surface area contributed by atoms with Crippen molar-refractivity contribution in [1.29, 1.82) is 0 Å². The molecule has 20 heavy (non-hydrogen) atoms. The molecule has 1 aliphatic heterocycles. The van der Waals surface area contributed by atoms with E-state index >= 15 is 0 Å². The monoisotopic (exact) mass is 283 g/mol. The molecular weight excluding hydrogens is 250 g/mol. The lowest BCUT2D eigenvalue weighted by atomic mass is 9.46. The number of nitrogens with zero attached hydrogens (tertiary/aromatic N) is 2. The second-order valence-electron chi connectivity index (χ2n) is 7.70. The number of hydrogen-bond acceptors (Lipinski definition) is 4. The van der Waals surface area contributed by atoms with Crippen LogP contribution in [-0.4, -0.2) is 68.8 Å². The van der Waals surface area contributed by atoms with Crippen LogP contribution < -0.4 is 5.73 Å². The van der Waals surface area contributed by atoms with Crippen LogP contribution in [-0.2, 0) is 4.74 Å². The van der Waals surface area contributed by atoms with Crippen LogP contribution in [0.3, 0.4) is 0 Å². The van der Waals surface area contributed by atoms with Crippen molar-refractivity contribution in [2.45, 2.75) is 44.8 Å². The number of nitrogens with two attached hydrogens (primary N) is 1. The third kappa shape index (κ3) is 2.76. The molecular formula is C16H33N3O. The molecule has 0 bridgehead atoms. The van der Waals surface area contributed by atoms with Crippen molar-refractivity contribution in [3.8, 4) is 0 Å². The van der Waals surface area contributed by atoms with Gasteiger partial charge in [-0.2, -0.15) is 0 Å². The molecule has 1 saturated carbocycles. The van der Waals surface area contributed by atoms with Crippen LogP contribution in [0, 0.1) is 11.3 Å². The molecule has 0 aromatic rings. The number of likely N-dealkylation sites (N-methyl/N-ethyl adjacent to an activating group) is 1. The summed E-state index contributed by atoms with van der Waals surface area (Å²) in [4.78, 5) is 4.65. The highest BCUT2D eigenvalue weighted by molar-refractivity contribution is 5.20. The van der Waals surface area contributed by atoms with Crippen LogP contribution in [0.2, 0.25) is 0 Å². The third-order valence-electron chi connectivity index (χ3n) is 5.57. The molecule has 0 amide bonds. The van der Waals surface area contributed by atoms with Crippen molar-refractivity contribution in [3.63, 3.8) is 0 Å². The van der Waals surface area contributed by atoms with Crippen molar-refractivity contribution in [1.82, 2.24) is 9.80 Å². The van der Waals surface area contributed by atoms with Crippen molar-refractivity contribution in [2.75, 3.05) is 47.4 Å². The van der Waals surface area contributed by atoms with E-state index in [4.69, 9.17) is 10.5 Å². The predicted molar refractivity (Wildman–Crippen MR) is 83.8 cm³/mol. The Morgan fingerprint density at radius 1 is 1.20 bits per heavy atom. The first kappa shape index (κ1) is 16.2. The van der Waals surface area contributed by atoms with Gasteiger partial charge in [0.25, 0.3) is 0 Å². The van der Waals surface area contributed by atoms with E-state index in [1.165, 1.54) is 19.3 Å². The van der Waals surface area contributed by atoms with E-state index in [1.54, 1.807) is 0 Å². The fourth-order valence-electron chi connectivity index (χ4n) is 4.17. The van der Waals surface area contributed by atoms with Crippen molar-refractivity contribution in [3.05, 3.63) is 0 Å². The Labute approximate surface area is 124 Å². The van der Waals surface area contributed by atoms with Gasteiger partial charge in [0, 0.05) is 30.0 Å². The maximum absolute atomic E-state index is 6.84. The smallest absolute Gasteiger partial charge is 0.0690 e. The number of rotatable bonds is 6. The van der Waals surface area contributed by atoms with Gasteiger partial charge in [-0.1, -0.05) is 13.8 Å². The number of ether oxygens (including phenoxy) is 1. The lowest BCUT2D eigenvalue weighted by molar-refractivity contribution is -0.231. The summed E-state index contributed by atoms with van der Waals surface area (Å²) < 4.78 is 5.98. The first-order valence-electron chi connectivity index (χ1n) is 8.03. The van der Waals surface area contributed by atoms with E-state index in [0.29, 0.717) is 12.0 Å². The molecule has 2 N–H and O–H groups in total. The van der Waals surface area contributed by atoms with Gasteiger partial charge in [-0.3, -0.25) is 0 Å². The van der Waals surface area contributed by atoms with Crippen LogP contribution in [0.5, 0.6) is 0 Å². The Hall–Kier alpha value is -0.160. The molecule has 2 fully saturated rings. The molecule has 2 aliphatic rings. The average molecular weight is 283 g/mol. The number of hydrogen-bond donors (Lipinski definition) is 1. The van der Waals surface area contributed by atoms with Gasteiger partial charge in [0.1, 0.15) is 0 Å². The molecule has 118 valence electrons. The third-order valence-corrected chi connectivity index (χ3v) is 5.57. The van der Waals surface area contributed by atoms with Gasteiger partial charge in [-0.25, -0.2) is 0 Å². The molecule has 3 unspecified atom stereocenters. The van der Waals surface area contributed by atoms with Gasteiger partial charge < -0.3 is 20.3 Å². The van der Waals surface area contributed by atoms with Crippen LogP contribution in [0.1, 0.15) is 33.1 Å². The minimum absolute atomic E-state index is 0.0912. The number of fused-ring (bicyclic) bond motifs is 1. The quantitative estimate of drug-likeness (QED) is 0.800. The summed E-state index contributed by atoms with van der Waals surface area (Å²) in [6.07, 6.45) is 3.97. The van der Waals surface area contributed by atoms with Gasteiger partial charge in [0.2, 0.25) is 0 Å². The summed E-state index contributed by atoms with van der Waals surface area (Å²) >= 11 is 0. The Kier molecular flexibility index (Phi) is 4.80. The van der Waals surface area contributed by atoms with E-state index in [2.05, 4.69) is 44.8 Å². The molecule has 1 heterocycles. The largest absolute Gasteiger partial charge is 0.377 e. The zero-order valence-corrected chi connectivity index (χ0v) is 14.0. The fourth-order valence-corrected chi connectivity index (χ4v) is 4.17. The lowest BCUT2D eigenvalue weighted by Crippen LogP contribution is -2.80. The molecule has 1 aliphatic carbocycles. The van der Waals surface area contributed by atoms with Gasteiger partial charge >= 0.3 is 0 Å². The molecule has 0 radical (unpaired) electrons. The molecule has 2 rings (SSSR count). The summed E-state index contributed by atoms with van der Waals surface area (Å²) in [6.45, 7) is 8.73. The van der Waals surface area contributed by atoms with Crippen molar-refractivity contribution < 1.29 is 4.74 Å². The maximum Gasteiger partial charge on any atom is 0.0690 e. The Morgan fingerprint density at radius 3 is 2.55 bits per heavy atom. The second kappa shape index (κ2) is 5.91. The van der Waals surface area contributed by atoms with Gasteiger partial charge in [0.15, 0.2) is 0 Å². The Morgan fingerprint density at radius 2 is 1.90 bits per heavy atom. The van der Waals surface area contributed by atoms with Gasteiger partial charge in [-0.15, -0.1) is 0 Å². The van der Waals surface area contributed by atoms with Crippen molar-refractivity contribution >= 4 is 0 Å². The highest BCUT2D eigenvalue weighted by atomic mass is 16.5. The highest BCUT2D eigenvalue weighted by Crippen LogP contribution is 2.57. The summed E-state index contributed by atoms with van der Waals surface area (Å²) in [5.41, 5.74) is 6.83. The predicted octanol–water partition coefficient (Wildman–Crippen LogP) is 1.40. The fraction of sp³-hybridized carbons (Fsp3) is 1.00. The van der Waals surface area contributed by atoms with E-state index in [9.17, 15) is 0 Å². The maximum atomic E-state index is 6.84. The zero-order valence-electron chi connectivity index (χ0n) is 14.0. The molecule has 4 nitrogen and oxygen atoms in total. The normalized spacial score (nSPS) is 36.0. The van der Waals surface area contributed by atoms with E-state index < -0.39 is 0 Å². The van der Waals surface area contributed by atoms with Crippen LogP contribution in [0.4, 0.5) is 0 Å². The summed E-state index contributed by atoms with van der Waals surface area (Å²) in [5.74, 6) is 0.544. The standard InChI is InChI=1S/C16H33N3O/c1-15(2)14-13(8-6-11-20-14)16(15,17)12-19(5)10-7-9-18(3)4/h13-14H,6-12,17H2,1-5H3. The minimum atomic E-state index is -0.0923. The first-order valence-corrected chi connectivity index (χ1v) is 8.03. The summed E-state index contributed by atoms with van der Waals surface area (Å²) in [7, 11) is 6.46. The second-order valence-corrected chi connectivity index (χ2v) is 7.70. The summed E-state index contributed by atoms with van der Waals surface area (Å²) in [5, 5.41) is 0. The molecule has 0 spiro atoms. The average Bonchev–Trinajstić information content (AvgIpc) is 2.38. The van der Waals surface area contributed by atoms with E-state index in [1.807, 2.05) is 0 Å². The molecule has 4 heteroatoms. The van der Waals surface area contributed by atoms with Crippen LogP contribution in [0.15, 0.2) is 0 Å². The van der Waals surface area contributed by atoms with Gasteiger partial charge in [-0.05, 0) is 53.5 Å².